The maximum Gasteiger partial charge on any atom is 0.339 e. The van der Waals surface area contributed by atoms with E-state index in [1.165, 1.54) is 42.4 Å². The lowest BCUT2D eigenvalue weighted by Gasteiger charge is -2.18. The molecule has 7 nitrogen and oxygen atoms in total. The van der Waals surface area contributed by atoms with Gasteiger partial charge in [-0.2, -0.15) is 0 Å². The van der Waals surface area contributed by atoms with Crippen LogP contribution in [0.2, 0.25) is 0 Å². The van der Waals surface area contributed by atoms with Crippen LogP contribution in [0, 0.1) is 10.1 Å². The number of rotatable bonds is 9. The monoisotopic (exact) mass is 416 g/mol. The predicted molar refractivity (Wildman–Crippen MR) is 112 cm³/mol. The van der Waals surface area contributed by atoms with Crippen LogP contribution in [-0.4, -0.2) is 35.2 Å². The molecule has 0 aromatic heterocycles. The molecule has 2 atom stereocenters. The third kappa shape index (κ3) is 6.60. The molecule has 0 bridgehead atoms. The fourth-order valence-corrected chi connectivity index (χ4v) is 3.25. The molecule has 2 rings (SSSR count). The van der Waals surface area contributed by atoms with Crippen molar-refractivity contribution in [3.05, 3.63) is 69.8 Å². The normalized spacial score (nSPS) is 12.7. The van der Waals surface area contributed by atoms with Gasteiger partial charge in [0.1, 0.15) is 0 Å². The zero-order chi connectivity index (χ0) is 21.4. The van der Waals surface area contributed by atoms with E-state index < -0.39 is 22.9 Å². The SMILES string of the molecule is CSc1ccc(C(=O)O[C@H](C)C(=O)N[C@H](C)CCc2ccccc2)cc1[N+](=O)[O-]. The Morgan fingerprint density at radius 3 is 2.48 bits per heavy atom. The summed E-state index contributed by atoms with van der Waals surface area (Å²) in [5, 5.41) is 14.0. The van der Waals surface area contributed by atoms with E-state index in [0.717, 1.165) is 12.8 Å². The number of nitrogens with zero attached hydrogens (tertiary/aromatic N) is 1. The molecular formula is C21H24N2O5S. The van der Waals surface area contributed by atoms with Gasteiger partial charge < -0.3 is 10.1 Å². The van der Waals surface area contributed by atoms with Gasteiger partial charge in [-0.25, -0.2) is 4.79 Å². The van der Waals surface area contributed by atoms with Gasteiger partial charge in [0.05, 0.1) is 15.4 Å². The van der Waals surface area contributed by atoms with Crippen LogP contribution in [0.15, 0.2) is 53.4 Å². The fourth-order valence-electron chi connectivity index (χ4n) is 2.70. The molecule has 8 heteroatoms. The van der Waals surface area contributed by atoms with Gasteiger partial charge in [0.25, 0.3) is 11.6 Å². The number of nitrogens with one attached hydrogen (secondary N) is 1. The summed E-state index contributed by atoms with van der Waals surface area (Å²) in [5.41, 5.74) is 1.05. The van der Waals surface area contributed by atoms with Crippen LogP contribution in [0.25, 0.3) is 0 Å². The molecule has 1 N–H and O–H groups in total. The lowest BCUT2D eigenvalue weighted by molar-refractivity contribution is -0.387. The van der Waals surface area contributed by atoms with Crippen LogP contribution in [0.4, 0.5) is 5.69 Å². The van der Waals surface area contributed by atoms with Crippen molar-refractivity contribution in [2.75, 3.05) is 6.26 Å². The number of carbonyl (C=O) groups is 2. The minimum absolute atomic E-state index is 0.0336. The molecule has 0 fully saturated rings. The average Bonchev–Trinajstić information content (AvgIpc) is 2.72. The Balaban J connectivity index is 1.90. The number of carbonyl (C=O) groups excluding carboxylic acids is 2. The van der Waals surface area contributed by atoms with Crippen molar-refractivity contribution in [2.24, 2.45) is 0 Å². The number of esters is 1. The van der Waals surface area contributed by atoms with Crippen molar-refractivity contribution in [1.29, 1.82) is 0 Å². The molecule has 2 aromatic carbocycles. The first-order chi connectivity index (χ1) is 13.8. The van der Waals surface area contributed by atoms with E-state index in [4.69, 9.17) is 4.74 Å². The van der Waals surface area contributed by atoms with Gasteiger partial charge in [0.2, 0.25) is 0 Å². The zero-order valence-electron chi connectivity index (χ0n) is 16.6. The van der Waals surface area contributed by atoms with Gasteiger partial charge in [-0.3, -0.25) is 14.9 Å². The molecule has 154 valence electrons. The van der Waals surface area contributed by atoms with Crippen LogP contribution in [0.3, 0.4) is 0 Å². The lowest BCUT2D eigenvalue weighted by Crippen LogP contribution is -2.41. The highest BCUT2D eigenvalue weighted by Gasteiger charge is 2.23. The third-order valence-corrected chi connectivity index (χ3v) is 5.15. The van der Waals surface area contributed by atoms with Crippen molar-refractivity contribution in [3.8, 4) is 0 Å². The highest BCUT2D eigenvalue weighted by molar-refractivity contribution is 7.98. The quantitative estimate of drug-likeness (QED) is 0.287. The van der Waals surface area contributed by atoms with E-state index in [9.17, 15) is 19.7 Å². The van der Waals surface area contributed by atoms with Gasteiger partial charge in [-0.15, -0.1) is 11.8 Å². The summed E-state index contributed by atoms with van der Waals surface area (Å²) in [4.78, 5) is 35.7. The first-order valence-corrected chi connectivity index (χ1v) is 10.4. The standard InChI is InChI=1S/C21H24N2O5S/c1-14(9-10-16-7-5-4-6-8-16)22-20(24)15(2)28-21(25)17-11-12-19(29-3)18(13-17)23(26)27/h4-8,11-15H,9-10H2,1-3H3,(H,22,24)/t14-,15-/m1/s1. The number of hydrogen-bond acceptors (Lipinski definition) is 6. The average molecular weight is 416 g/mol. The third-order valence-electron chi connectivity index (χ3n) is 4.36. The molecule has 0 radical (unpaired) electrons. The van der Waals surface area contributed by atoms with E-state index in [-0.39, 0.29) is 17.3 Å². The minimum atomic E-state index is -1.01. The van der Waals surface area contributed by atoms with Crippen molar-refractivity contribution >= 4 is 29.3 Å². The Kier molecular flexibility index (Phi) is 8.21. The predicted octanol–water partition coefficient (Wildman–Crippen LogP) is 4.00. The van der Waals surface area contributed by atoms with E-state index in [1.54, 1.807) is 6.26 Å². The largest absolute Gasteiger partial charge is 0.449 e. The van der Waals surface area contributed by atoms with Crippen LogP contribution in [0.1, 0.15) is 36.2 Å². The van der Waals surface area contributed by atoms with Crippen LogP contribution >= 0.6 is 11.8 Å². The number of hydrogen-bond donors (Lipinski definition) is 1. The van der Waals surface area contributed by atoms with Gasteiger partial charge in [-0.05, 0) is 50.6 Å². The van der Waals surface area contributed by atoms with Crippen molar-refractivity contribution in [1.82, 2.24) is 5.32 Å². The number of amides is 1. The van der Waals surface area contributed by atoms with Gasteiger partial charge in [-0.1, -0.05) is 30.3 Å². The Hall–Kier alpha value is -2.87. The van der Waals surface area contributed by atoms with Gasteiger partial charge in [0, 0.05) is 12.1 Å². The Morgan fingerprint density at radius 1 is 1.17 bits per heavy atom. The van der Waals surface area contributed by atoms with Crippen LogP contribution in [-0.2, 0) is 16.0 Å². The number of nitro groups is 1. The molecular weight excluding hydrogens is 392 g/mol. The Bertz CT molecular complexity index is 873. The summed E-state index contributed by atoms with van der Waals surface area (Å²) in [6, 6.07) is 14.0. The molecule has 29 heavy (non-hydrogen) atoms. The van der Waals surface area contributed by atoms with Gasteiger partial charge in [0.15, 0.2) is 6.10 Å². The molecule has 0 aliphatic heterocycles. The highest BCUT2D eigenvalue weighted by atomic mass is 32.2. The molecule has 0 saturated heterocycles. The van der Waals surface area contributed by atoms with Crippen LogP contribution in [0.5, 0.6) is 0 Å². The number of thioether (sulfide) groups is 1. The Morgan fingerprint density at radius 2 is 1.86 bits per heavy atom. The number of ether oxygens (including phenoxy) is 1. The van der Waals surface area contributed by atoms with E-state index in [0.29, 0.717) is 4.90 Å². The zero-order valence-corrected chi connectivity index (χ0v) is 17.4. The molecule has 0 spiro atoms. The summed E-state index contributed by atoms with van der Waals surface area (Å²) in [7, 11) is 0. The second kappa shape index (κ2) is 10.6. The molecule has 0 heterocycles. The van der Waals surface area contributed by atoms with Crippen LogP contribution < -0.4 is 5.32 Å². The molecule has 1 amide bonds. The summed E-state index contributed by atoms with van der Waals surface area (Å²) < 4.78 is 5.19. The van der Waals surface area contributed by atoms with Crippen molar-refractivity contribution in [3.63, 3.8) is 0 Å². The Labute approximate surface area is 174 Å². The summed E-state index contributed by atoms with van der Waals surface area (Å²) in [5.74, 6) is -1.19. The first kappa shape index (κ1) is 22.4. The van der Waals surface area contributed by atoms with Crippen molar-refractivity contribution < 1.29 is 19.2 Å². The second-order valence-corrected chi connectivity index (χ2v) is 7.47. The smallest absolute Gasteiger partial charge is 0.339 e. The lowest BCUT2D eigenvalue weighted by atomic mass is 10.1. The molecule has 0 aliphatic rings. The maximum atomic E-state index is 12.3. The highest BCUT2D eigenvalue weighted by Crippen LogP contribution is 2.28. The molecule has 0 aliphatic carbocycles. The topological polar surface area (TPSA) is 98.5 Å². The fraction of sp³-hybridized carbons (Fsp3) is 0.333. The van der Waals surface area contributed by atoms with E-state index in [1.807, 2.05) is 37.3 Å². The summed E-state index contributed by atoms with van der Waals surface area (Å²) >= 11 is 1.21. The minimum Gasteiger partial charge on any atom is -0.449 e. The molecule has 2 aromatic rings. The van der Waals surface area contributed by atoms with Crippen molar-refractivity contribution in [2.45, 2.75) is 43.7 Å². The number of nitro benzene ring substituents is 1. The van der Waals surface area contributed by atoms with Gasteiger partial charge >= 0.3 is 5.97 Å². The number of benzene rings is 2. The van der Waals surface area contributed by atoms with E-state index >= 15 is 0 Å². The maximum absolute atomic E-state index is 12.3. The molecule has 0 unspecified atom stereocenters. The number of aryl methyl sites for hydroxylation is 1. The first-order valence-electron chi connectivity index (χ1n) is 9.19. The van der Waals surface area contributed by atoms with E-state index in [2.05, 4.69) is 5.32 Å². The summed E-state index contributed by atoms with van der Waals surface area (Å²) in [6.07, 6.45) is 2.27. The summed E-state index contributed by atoms with van der Waals surface area (Å²) in [6.45, 7) is 3.36. The molecule has 0 saturated carbocycles. The second-order valence-electron chi connectivity index (χ2n) is 6.63.